The maximum atomic E-state index is 12.8. The topological polar surface area (TPSA) is 38.3 Å². The van der Waals surface area contributed by atoms with E-state index in [9.17, 15) is 4.79 Å². The molecule has 0 spiro atoms. The van der Waals surface area contributed by atoms with Crippen molar-refractivity contribution in [1.82, 2.24) is 5.32 Å². The Morgan fingerprint density at radius 2 is 1.50 bits per heavy atom. The summed E-state index contributed by atoms with van der Waals surface area (Å²) in [6.07, 6.45) is 0. The van der Waals surface area contributed by atoms with Crippen molar-refractivity contribution in [2.24, 2.45) is 0 Å². The zero-order valence-corrected chi connectivity index (χ0v) is 13.2. The second-order valence-corrected chi connectivity index (χ2v) is 5.35. The summed E-state index contributed by atoms with van der Waals surface area (Å²) in [5.74, 6) is -0.220. The van der Waals surface area contributed by atoms with Crippen molar-refractivity contribution in [2.45, 2.75) is 19.3 Å². The number of hydrogen-bond donors (Lipinski definition) is 1. The predicted octanol–water partition coefficient (Wildman–Crippen LogP) is 3.15. The molecule has 0 atom stereocenters. The molecule has 116 valence electrons. The fourth-order valence-electron chi connectivity index (χ4n) is 2.48. The zero-order valence-electron chi connectivity index (χ0n) is 13.2. The lowest BCUT2D eigenvalue weighted by Gasteiger charge is -2.28. The van der Waals surface area contributed by atoms with Crippen LogP contribution in [0.4, 0.5) is 0 Å². The van der Waals surface area contributed by atoms with Crippen LogP contribution in [0, 0.1) is 0 Å². The zero-order chi connectivity index (χ0) is 15.8. The molecule has 0 saturated carbocycles. The monoisotopic (exact) mass is 297 g/mol. The molecule has 2 rings (SSSR count). The Labute approximate surface area is 132 Å². The van der Waals surface area contributed by atoms with Crippen LogP contribution in [0.1, 0.15) is 25.0 Å². The van der Waals surface area contributed by atoms with Gasteiger partial charge in [-0.1, -0.05) is 67.6 Å². The number of nitrogens with one attached hydrogen (secondary N) is 1. The number of esters is 1. The summed E-state index contributed by atoms with van der Waals surface area (Å²) < 4.78 is 5.52. The Morgan fingerprint density at radius 1 is 1.00 bits per heavy atom. The third kappa shape index (κ3) is 3.55. The first-order valence-electron chi connectivity index (χ1n) is 7.68. The molecule has 0 heterocycles. The maximum Gasteiger partial charge on any atom is 0.320 e. The van der Waals surface area contributed by atoms with E-state index >= 15 is 0 Å². The van der Waals surface area contributed by atoms with Crippen LogP contribution < -0.4 is 5.32 Å². The minimum absolute atomic E-state index is 0.220. The molecular formula is C19H23NO2. The minimum Gasteiger partial charge on any atom is -0.463 e. The molecule has 0 saturated heterocycles. The molecule has 22 heavy (non-hydrogen) atoms. The highest BCUT2D eigenvalue weighted by Crippen LogP contribution is 2.33. The van der Waals surface area contributed by atoms with Gasteiger partial charge in [-0.15, -0.1) is 0 Å². The van der Waals surface area contributed by atoms with Gasteiger partial charge in [-0.2, -0.15) is 0 Å². The Bertz CT molecular complexity index is 541. The average Bonchev–Trinajstić information content (AvgIpc) is 2.59. The fourth-order valence-corrected chi connectivity index (χ4v) is 2.48. The van der Waals surface area contributed by atoms with Gasteiger partial charge in [-0.25, -0.2) is 0 Å². The van der Waals surface area contributed by atoms with E-state index in [4.69, 9.17) is 4.74 Å². The molecule has 0 aromatic heterocycles. The average molecular weight is 297 g/mol. The highest BCUT2D eigenvalue weighted by atomic mass is 16.5. The number of carbonyl (C=O) groups is 1. The third-order valence-electron chi connectivity index (χ3n) is 3.87. The van der Waals surface area contributed by atoms with Crippen LogP contribution in [-0.2, 0) is 14.9 Å². The third-order valence-corrected chi connectivity index (χ3v) is 3.87. The number of hydrogen-bond acceptors (Lipinski definition) is 3. The van der Waals surface area contributed by atoms with E-state index in [0.717, 1.165) is 17.7 Å². The van der Waals surface area contributed by atoms with Crippen molar-refractivity contribution in [2.75, 3.05) is 19.7 Å². The van der Waals surface area contributed by atoms with Crippen LogP contribution in [0.3, 0.4) is 0 Å². The molecule has 2 aromatic carbocycles. The molecule has 0 amide bonds. The smallest absolute Gasteiger partial charge is 0.320 e. The number of benzene rings is 2. The molecule has 0 radical (unpaired) electrons. The van der Waals surface area contributed by atoms with Crippen LogP contribution in [0.2, 0.25) is 0 Å². The van der Waals surface area contributed by atoms with E-state index in [1.54, 1.807) is 0 Å². The van der Waals surface area contributed by atoms with Gasteiger partial charge < -0.3 is 10.1 Å². The van der Waals surface area contributed by atoms with Crippen LogP contribution in [0.25, 0.3) is 0 Å². The number of likely N-dealkylation sites (N-methyl/N-ethyl adjacent to an activating group) is 1. The lowest BCUT2D eigenvalue weighted by atomic mass is 9.76. The van der Waals surface area contributed by atoms with Gasteiger partial charge in [0, 0.05) is 6.54 Å². The van der Waals surface area contributed by atoms with Crippen LogP contribution in [0.5, 0.6) is 0 Å². The summed E-state index contributed by atoms with van der Waals surface area (Å²) in [6, 6.07) is 19.6. The molecular weight excluding hydrogens is 274 g/mol. The molecule has 0 unspecified atom stereocenters. The maximum absolute atomic E-state index is 12.8. The Balaban J connectivity index is 2.28. The van der Waals surface area contributed by atoms with Gasteiger partial charge >= 0.3 is 5.97 Å². The van der Waals surface area contributed by atoms with Crippen LogP contribution in [-0.4, -0.2) is 25.7 Å². The fraction of sp³-hybridized carbons (Fsp3) is 0.316. The molecule has 0 aliphatic rings. The van der Waals surface area contributed by atoms with Gasteiger partial charge in [-0.05, 0) is 24.6 Å². The largest absolute Gasteiger partial charge is 0.463 e. The van der Waals surface area contributed by atoms with E-state index in [2.05, 4.69) is 5.32 Å². The summed E-state index contributed by atoms with van der Waals surface area (Å²) >= 11 is 0. The van der Waals surface area contributed by atoms with Crippen molar-refractivity contribution in [3.05, 3.63) is 71.8 Å². The van der Waals surface area contributed by atoms with Crippen molar-refractivity contribution < 1.29 is 9.53 Å². The van der Waals surface area contributed by atoms with Crippen molar-refractivity contribution in [1.29, 1.82) is 0 Å². The first-order valence-corrected chi connectivity index (χ1v) is 7.68. The second-order valence-electron chi connectivity index (χ2n) is 5.35. The molecule has 3 heteroatoms. The number of rotatable bonds is 7. The van der Waals surface area contributed by atoms with Gasteiger partial charge in [0.1, 0.15) is 12.0 Å². The summed E-state index contributed by atoms with van der Waals surface area (Å²) in [5, 5.41) is 3.16. The van der Waals surface area contributed by atoms with E-state index in [1.807, 2.05) is 74.5 Å². The van der Waals surface area contributed by atoms with E-state index < -0.39 is 5.41 Å². The van der Waals surface area contributed by atoms with Crippen LogP contribution >= 0.6 is 0 Å². The summed E-state index contributed by atoms with van der Waals surface area (Å²) in [6.45, 7) is 5.86. The molecule has 3 nitrogen and oxygen atoms in total. The van der Waals surface area contributed by atoms with Gasteiger partial charge in [0.05, 0.1) is 0 Å². The quantitative estimate of drug-likeness (QED) is 0.630. The molecule has 0 aliphatic carbocycles. The highest BCUT2D eigenvalue weighted by molar-refractivity contribution is 5.87. The molecule has 1 N–H and O–H groups in total. The standard InChI is InChI=1S/C19H23NO2/c1-3-20-14-15-22-18(21)19(2,16-10-6-4-7-11-16)17-12-8-5-9-13-17/h4-13,20H,3,14-15H2,1-2H3. The van der Waals surface area contributed by atoms with Gasteiger partial charge in [0.25, 0.3) is 0 Å². The van der Waals surface area contributed by atoms with Gasteiger partial charge in [0.2, 0.25) is 0 Å². The predicted molar refractivity (Wildman–Crippen MR) is 88.8 cm³/mol. The SMILES string of the molecule is CCNCCOC(=O)C(C)(c1ccccc1)c1ccccc1. The van der Waals surface area contributed by atoms with E-state index in [1.165, 1.54) is 0 Å². The Hall–Kier alpha value is -2.13. The molecule has 0 bridgehead atoms. The van der Waals surface area contributed by atoms with E-state index in [-0.39, 0.29) is 5.97 Å². The summed E-state index contributed by atoms with van der Waals surface area (Å²) in [4.78, 5) is 12.8. The Kier molecular flexibility index (Phi) is 5.73. The van der Waals surface area contributed by atoms with E-state index in [0.29, 0.717) is 13.2 Å². The van der Waals surface area contributed by atoms with Gasteiger partial charge in [-0.3, -0.25) is 4.79 Å². The Morgan fingerprint density at radius 3 is 1.95 bits per heavy atom. The summed E-state index contributed by atoms with van der Waals surface area (Å²) in [5.41, 5.74) is 1.08. The van der Waals surface area contributed by atoms with Crippen molar-refractivity contribution in [3.8, 4) is 0 Å². The number of carbonyl (C=O) groups excluding carboxylic acids is 1. The van der Waals surface area contributed by atoms with Crippen molar-refractivity contribution >= 4 is 5.97 Å². The van der Waals surface area contributed by atoms with Crippen LogP contribution in [0.15, 0.2) is 60.7 Å². The molecule has 2 aromatic rings. The first-order chi connectivity index (χ1) is 10.7. The lowest BCUT2D eigenvalue weighted by molar-refractivity contribution is -0.148. The minimum atomic E-state index is -0.797. The number of ether oxygens (including phenoxy) is 1. The van der Waals surface area contributed by atoms with Crippen molar-refractivity contribution in [3.63, 3.8) is 0 Å². The lowest BCUT2D eigenvalue weighted by Crippen LogP contribution is -2.37. The van der Waals surface area contributed by atoms with Gasteiger partial charge in [0.15, 0.2) is 0 Å². The highest BCUT2D eigenvalue weighted by Gasteiger charge is 2.38. The second kappa shape index (κ2) is 7.76. The molecule has 0 aliphatic heterocycles. The summed E-state index contributed by atoms with van der Waals surface area (Å²) in [7, 11) is 0. The molecule has 0 fully saturated rings. The first kappa shape index (κ1) is 16.2. The normalized spacial score (nSPS) is 11.2.